The smallest absolute Gasteiger partial charge is 0.410 e. The van der Waals surface area contributed by atoms with Gasteiger partial charge in [-0.15, -0.1) is 0 Å². The molecular weight excluding hydrogens is 328 g/mol. The Morgan fingerprint density at radius 1 is 1.33 bits per heavy atom. The summed E-state index contributed by atoms with van der Waals surface area (Å²) in [6.07, 6.45) is 1.67. The summed E-state index contributed by atoms with van der Waals surface area (Å²) < 4.78 is 10.7. The summed E-state index contributed by atoms with van der Waals surface area (Å²) >= 11 is 1.48. The number of hydrogen-bond donors (Lipinski definition) is 0. The number of nitrogens with zero attached hydrogens (tertiary/aromatic N) is 4. The fraction of sp³-hybridized carbons (Fsp3) is 0.688. The van der Waals surface area contributed by atoms with Gasteiger partial charge < -0.3 is 19.3 Å². The maximum atomic E-state index is 12.2. The third-order valence-corrected chi connectivity index (χ3v) is 4.18. The molecule has 7 nitrogen and oxygen atoms in total. The predicted molar refractivity (Wildman–Crippen MR) is 95.0 cm³/mol. The van der Waals surface area contributed by atoms with Crippen LogP contribution in [0.4, 0.5) is 10.6 Å². The Hall–Kier alpha value is -1.70. The summed E-state index contributed by atoms with van der Waals surface area (Å²) in [4.78, 5) is 25.0. The number of carbonyl (C=O) groups excluding carboxylic acids is 1. The van der Waals surface area contributed by atoms with Crippen LogP contribution in [0, 0.1) is 0 Å². The van der Waals surface area contributed by atoms with Crippen LogP contribution in [0.2, 0.25) is 0 Å². The lowest BCUT2D eigenvalue weighted by molar-refractivity contribution is 0.0218. The number of hydrogen-bond acceptors (Lipinski definition) is 7. The zero-order chi connectivity index (χ0) is 17.9. The Balaban J connectivity index is 2.10. The number of anilines is 1. The molecule has 0 saturated carbocycles. The molecule has 2 heterocycles. The average Bonchev–Trinajstić information content (AvgIpc) is 2.52. The van der Waals surface area contributed by atoms with E-state index in [0.717, 1.165) is 5.82 Å². The van der Waals surface area contributed by atoms with Crippen LogP contribution < -0.4 is 9.64 Å². The predicted octanol–water partition coefficient (Wildman–Crippen LogP) is 2.65. The maximum Gasteiger partial charge on any atom is 0.410 e. The quantitative estimate of drug-likeness (QED) is 0.610. The van der Waals surface area contributed by atoms with Crippen molar-refractivity contribution in [3.05, 3.63) is 6.07 Å². The lowest BCUT2D eigenvalue weighted by Gasteiger charge is -2.40. The van der Waals surface area contributed by atoms with Crippen LogP contribution in [-0.2, 0) is 4.74 Å². The fourth-order valence-corrected chi connectivity index (χ4v) is 2.89. The number of thioether (sulfide) groups is 1. The molecule has 1 atom stereocenters. The summed E-state index contributed by atoms with van der Waals surface area (Å²) in [5.74, 6) is 1.37. The van der Waals surface area contributed by atoms with E-state index in [1.54, 1.807) is 12.0 Å². The molecule has 24 heavy (non-hydrogen) atoms. The second-order valence-electron chi connectivity index (χ2n) is 6.72. The Morgan fingerprint density at radius 3 is 2.58 bits per heavy atom. The lowest BCUT2D eigenvalue weighted by atomic mass is 10.2. The number of methoxy groups -OCH3 is 1. The summed E-state index contributed by atoms with van der Waals surface area (Å²) in [6.45, 7) is 9.58. The standard InChI is InChI=1S/C16H26N4O3S/c1-11-10-19(15(21)23-16(2,3)4)7-8-20(11)12-9-13(22-5)18-14(17-12)24-6/h9,11H,7-8,10H2,1-6H3/t11-/m1/s1. The molecule has 1 saturated heterocycles. The first-order valence-corrected chi connectivity index (χ1v) is 9.17. The number of piperazine rings is 1. The van der Waals surface area contributed by atoms with Crippen molar-refractivity contribution >= 4 is 23.7 Å². The van der Waals surface area contributed by atoms with E-state index in [9.17, 15) is 4.79 Å². The zero-order valence-corrected chi connectivity index (χ0v) is 16.0. The van der Waals surface area contributed by atoms with Gasteiger partial charge in [0.15, 0.2) is 5.16 Å². The van der Waals surface area contributed by atoms with Crippen molar-refractivity contribution in [1.82, 2.24) is 14.9 Å². The molecule has 1 aromatic rings. The van der Waals surface area contributed by atoms with Crippen molar-refractivity contribution in [3.8, 4) is 5.88 Å². The zero-order valence-electron chi connectivity index (χ0n) is 15.2. The van der Waals surface area contributed by atoms with Crippen molar-refractivity contribution in [2.45, 2.75) is 44.5 Å². The molecule has 1 fully saturated rings. The number of aromatic nitrogens is 2. The molecule has 1 amide bonds. The molecule has 0 bridgehead atoms. The molecule has 0 radical (unpaired) electrons. The fourth-order valence-electron chi connectivity index (χ4n) is 2.53. The van der Waals surface area contributed by atoms with Crippen LogP contribution in [0.3, 0.4) is 0 Å². The summed E-state index contributed by atoms with van der Waals surface area (Å²) in [6, 6.07) is 1.96. The molecule has 0 aliphatic carbocycles. The first kappa shape index (κ1) is 18.6. The first-order valence-electron chi connectivity index (χ1n) is 7.95. The summed E-state index contributed by atoms with van der Waals surface area (Å²) in [5.41, 5.74) is -0.481. The monoisotopic (exact) mass is 354 g/mol. The minimum Gasteiger partial charge on any atom is -0.481 e. The molecular formula is C16H26N4O3S. The van der Waals surface area contributed by atoms with E-state index >= 15 is 0 Å². The molecule has 0 unspecified atom stereocenters. The minimum atomic E-state index is -0.481. The Morgan fingerprint density at radius 2 is 2.04 bits per heavy atom. The van der Waals surface area contributed by atoms with E-state index in [1.165, 1.54) is 11.8 Å². The van der Waals surface area contributed by atoms with E-state index in [4.69, 9.17) is 9.47 Å². The number of rotatable bonds is 3. The Bertz CT molecular complexity index is 569. The molecule has 134 valence electrons. The highest BCUT2D eigenvalue weighted by Crippen LogP contribution is 2.25. The molecule has 1 aliphatic rings. The van der Waals surface area contributed by atoms with Gasteiger partial charge >= 0.3 is 6.09 Å². The van der Waals surface area contributed by atoms with Gasteiger partial charge in [-0.05, 0) is 34.0 Å². The summed E-state index contributed by atoms with van der Waals surface area (Å²) in [7, 11) is 1.60. The van der Waals surface area contributed by atoms with Gasteiger partial charge in [-0.1, -0.05) is 11.8 Å². The molecule has 1 aromatic heterocycles. The van der Waals surface area contributed by atoms with Crippen LogP contribution in [0.5, 0.6) is 5.88 Å². The molecule has 8 heteroatoms. The van der Waals surface area contributed by atoms with Crippen molar-refractivity contribution < 1.29 is 14.3 Å². The van der Waals surface area contributed by atoms with Crippen LogP contribution in [0.1, 0.15) is 27.7 Å². The Labute approximate surface area is 147 Å². The van der Waals surface area contributed by atoms with E-state index in [1.807, 2.05) is 33.1 Å². The van der Waals surface area contributed by atoms with Crippen LogP contribution in [0.15, 0.2) is 11.2 Å². The van der Waals surface area contributed by atoms with E-state index in [0.29, 0.717) is 30.7 Å². The van der Waals surface area contributed by atoms with Crippen LogP contribution >= 0.6 is 11.8 Å². The molecule has 1 aliphatic heterocycles. The van der Waals surface area contributed by atoms with Crippen LogP contribution in [-0.4, -0.2) is 65.6 Å². The molecule has 0 N–H and O–H groups in total. The normalized spacial score (nSPS) is 18.5. The maximum absolute atomic E-state index is 12.2. The first-order chi connectivity index (χ1) is 11.2. The van der Waals surface area contributed by atoms with Crippen molar-refractivity contribution in [2.75, 3.05) is 37.9 Å². The Kier molecular flexibility index (Phi) is 5.79. The number of ether oxygens (including phenoxy) is 2. The third kappa shape index (κ3) is 4.66. The van der Waals surface area contributed by atoms with Gasteiger partial charge in [0, 0.05) is 31.7 Å². The molecule has 2 rings (SSSR count). The second kappa shape index (κ2) is 7.46. The van der Waals surface area contributed by atoms with Gasteiger partial charge in [0.05, 0.1) is 7.11 Å². The SMILES string of the molecule is COc1cc(N2CCN(C(=O)OC(C)(C)C)C[C@H]2C)nc(SC)n1. The largest absolute Gasteiger partial charge is 0.481 e. The topological polar surface area (TPSA) is 67.8 Å². The van der Waals surface area contributed by atoms with Gasteiger partial charge in [0.2, 0.25) is 5.88 Å². The highest BCUT2D eigenvalue weighted by Gasteiger charge is 2.30. The van der Waals surface area contributed by atoms with Crippen LogP contribution in [0.25, 0.3) is 0 Å². The minimum absolute atomic E-state index is 0.126. The lowest BCUT2D eigenvalue weighted by Crippen LogP contribution is -2.54. The van der Waals surface area contributed by atoms with Gasteiger partial charge in [-0.2, -0.15) is 4.98 Å². The highest BCUT2D eigenvalue weighted by atomic mass is 32.2. The van der Waals surface area contributed by atoms with Gasteiger partial charge in [0.25, 0.3) is 0 Å². The van der Waals surface area contributed by atoms with Gasteiger partial charge in [-0.25, -0.2) is 9.78 Å². The summed E-state index contributed by atoms with van der Waals surface area (Å²) in [5, 5.41) is 0.672. The number of carbonyl (C=O) groups is 1. The van der Waals surface area contributed by atoms with E-state index < -0.39 is 5.60 Å². The number of amides is 1. The van der Waals surface area contributed by atoms with E-state index in [2.05, 4.69) is 21.8 Å². The molecule has 0 aromatic carbocycles. The second-order valence-corrected chi connectivity index (χ2v) is 7.50. The third-order valence-electron chi connectivity index (χ3n) is 3.63. The van der Waals surface area contributed by atoms with E-state index in [-0.39, 0.29) is 12.1 Å². The van der Waals surface area contributed by atoms with Gasteiger partial charge in [-0.3, -0.25) is 0 Å². The molecule has 0 spiro atoms. The average molecular weight is 354 g/mol. The van der Waals surface area contributed by atoms with Crippen molar-refractivity contribution in [2.24, 2.45) is 0 Å². The highest BCUT2D eigenvalue weighted by molar-refractivity contribution is 7.98. The van der Waals surface area contributed by atoms with Crippen molar-refractivity contribution in [3.63, 3.8) is 0 Å². The van der Waals surface area contributed by atoms with Crippen molar-refractivity contribution in [1.29, 1.82) is 0 Å². The van der Waals surface area contributed by atoms with Gasteiger partial charge in [0.1, 0.15) is 11.4 Å².